The van der Waals surface area contributed by atoms with E-state index in [-0.39, 0.29) is 23.8 Å². The zero-order valence-electron chi connectivity index (χ0n) is 23.1. The van der Waals surface area contributed by atoms with Crippen molar-refractivity contribution < 1.29 is 19.1 Å². The number of hydrogen-bond donors (Lipinski definition) is 0. The van der Waals surface area contributed by atoms with Gasteiger partial charge >= 0.3 is 11.9 Å². The van der Waals surface area contributed by atoms with Crippen molar-refractivity contribution in [3.8, 4) is 0 Å². The van der Waals surface area contributed by atoms with Gasteiger partial charge in [-0.2, -0.15) is 0 Å². The predicted molar refractivity (Wildman–Crippen MR) is 142 cm³/mol. The summed E-state index contributed by atoms with van der Waals surface area (Å²) in [5.74, 6) is 2.25. The molecular formula is C31H54O4. The molecule has 0 aromatic carbocycles. The number of ether oxygens (including phenoxy) is 2. The summed E-state index contributed by atoms with van der Waals surface area (Å²) in [6.45, 7) is 7.79. The molecule has 4 heteroatoms. The van der Waals surface area contributed by atoms with Crippen LogP contribution >= 0.6 is 0 Å². The second kappa shape index (κ2) is 15.3. The summed E-state index contributed by atoms with van der Waals surface area (Å²) < 4.78 is 11.7. The Morgan fingerprint density at radius 3 is 1.49 bits per heavy atom. The third-order valence-electron chi connectivity index (χ3n) is 9.51. The van der Waals surface area contributed by atoms with E-state index in [0.717, 1.165) is 31.1 Å². The van der Waals surface area contributed by atoms with Crippen LogP contribution in [0.1, 0.15) is 130 Å². The lowest BCUT2D eigenvalue weighted by Gasteiger charge is -2.33. The number of carbonyl (C=O) groups excluding carboxylic acids is 2. The predicted octanol–water partition coefficient (Wildman–Crippen LogP) is 8.12. The highest BCUT2D eigenvalue weighted by Gasteiger charge is 2.40. The van der Waals surface area contributed by atoms with Crippen LogP contribution in [0.15, 0.2) is 0 Å². The second-order valence-corrected chi connectivity index (χ2v) is 12.4. The van der Waals surface area contributed by atoms with Gasteiger partial charge in [0.05, 0.1) is 25.0 Å². The topological polar surface area (TPSA) is 52.6 Å². The van der Waals surface area contributed by atoms with Crippen molar-refractivity contribution in [1.82, 2.24) is 0 Å². The molecule has 0 N–H and O–H groups in total. The average Bonchev–Trinajstić information content (AvgIpc) is 2.89. The van der Waals surface area contributed by atoms with Crippen molar-refractivity contribution >= 4 is 11.9 Å². The van der Waals surface area contributed by atoms with E-state index in [1.807, 2.05) is 0 Å². The fourth-order valence-corrected chi connectivity index (χ4v) is 6.90. The van der Waals surface area contributed by atoms with Crippen LogP contribution in [0, 0.1) is 41.4 Å². The lowest BCUT2D eigenvalue weighted by atomic mass is 9.74. The molecule has 0 aromatic heterocycles. The summed E-state index contributed by atoms with van der Waals surface area (Å²) in [6.07, 6.45) is 20.3. The highest BCUT2D eigenvalue weighted by molar-refractivity contribution is 5.82. The van der Waals surface area contributed by atoms with Crippen LogP contribution in [0.4, 0.5) is 0 Å². The minimum Gasteiger partial charge on any atom is -0.465 e. The van der Waals surface area contributed by atoms with Crippen molar-refractivity contribution in [2.45, 2.75) is 130 Å². The normalized spacial score (nSPS) is 33.7. The molecule has 0 saturated heterocycles. The molecule has 0 amide bonds. The van der Waals surface area contributed by atoms with E-state index in [1.54, 1.807) is 0 Å². The van der Waals surface area contributed by atoms with Gasteiger partial charge in [-0.25, -0.2) is 0 Å². The number of rotatable bonds is 12. The van der Waals surface area contributed by atoms with Gasteiger partial charge in [0.15, 0.2) is 0 Å². The maximum absolute atomic E-state index is 13.1. The maximum Gasteiger partial charge on any atom is 0.309 e. The summed E-state index contributed by atoms with van der Waals surface area (Å²) >= 11 is 0. The van der Waals surface area contributed by atoms with Gasteiger partial charge in [0, 0.05) is 0 Å². The third kappa shape index (κ3) is 9.39. The number of carbonyl (C=O) groups is 2. The van der Waals surface area contributed by atoms with E-state index >= 15 is 0 Å². The first kappa shape index (κ1) is 28.5. The zero-order chi connectivity index (χ0) is 25.0. The Kier molecular flexibility index (Phi) is 12.4. The van der Waals surface area contributed by atoms with Crippen LogP contribution in [-0.2, 0) is 19.1 Å². The third-order valence-corrected chi connectivity index (χ3v) is 9.51. The standard InChI is InChI=1S/C31H54O4/c1-4-6-8-24-11-15-26(16-12-24)21-34-30(32)28-19-10-23(3)20-29(28)31(33)35-22-27-17-13-25(14-18-27)9-7-5-2/h23-29H,4-22H2,1-3H3. The summed E-state index contributed by atoms with van der Waals surface area (Å²) in [5.41, 5.74) is 0. The van der Waals surface area contributed by atoms with Crippen LogP contribution in [-0.4, -0.2) is 25.2 Å². The minimum absolute atomic E-state index is 0.150. The van der Waals surface area contributed by atoms with E-state index in [2.05, 4.69) is 20.8 Å². The van der Waals surface area contributed by atoms with Gasteiger partial charge in [0.1, 0.15) is 0 Å². The fraction of sp³-hybridized carbons (Fsp3) is 0.935. The molecule has 3 atom stereocenters. The highest BCUT2D eigenvalue weighted by atomic mass is 16.5. The van der Waals surface area contributed by atoms with Gasteiger partial charge in [-0.05, 0) is 74.5 Å². The quantitative estimate of drug-likeness (QED) is 0.259. The first-order valence-electron chi connectivity index (χ1n) is 15.3. The Labute approximate surface area is 215 Å². The zero-order valence-corrected chi connectivity index (χ0v) is 23.1. The molecule has 3 unspecified atom stereocenters. The van der Waals surface area contributed by atoms with Gasteiger partial charge in [-0.1, -0.05) is 85.0 Å². The number of hydrogen-bond acceptors (Lipinski definition) is 4. The van der Waals surface area contributed by atoms with E-state index < -0.39 is 0 Å². The Balaban J connectivity index is 1.40. The monoisotopic (exact) mass is 490 g/mol. The Hall–Kier alpha value is -1.06. The molecule has 3 aliphatic carbocycles. The summed E-state index contributed by atoms with van der Waals surface area (Å²) in [4.78, 5) is 26.2. The van der Waals surface area contributed by atoms with E-state index in [1.165, 1.54) is 89.9 Å². The van der Waals surface area contributed by atoms with Crippen LogP contribution < -0.4 is 0 Å². The Morgan fingerprint density at radius 1 is 0.600 bits per heavy atom. The van der Waals surface area contributed by atoms with Gasteiger partial charge in [-0.15, -0.1) is 0 Å². The number of esters is 2. The maximum atomic E-state index is 13.1. The van der Waals surface area contributed by atoms with Crippen molar-refractivity contribution in [3.05, 3.63) is 0 Å². The molecule has 0 aromatic rings. The summed E-state index contributed by atoms with van der Waals surface area (Å²) in [6, 6.07) is 0. The molecule has 0 bridgehead atoms. The summed E-state index contributed by atoms with van der Waals surface area (Å²) in [7, 11) is 0. The average molecular weight is 491 g/mol. The first-order valence-corrected chi connectivity index (χ1v) is 15.3. The molecule has 0 radical (unpaired) electrons. The molecule has 0 spiro atoms. The van der Waals surface area contributed by atoms with Crippen molar-refractivity contribution in [3.63, 3.8) is 0 Å². The van der Waals surface area contributed by atoms with Crippen LogP contribution in [0.25, 0.3) is 0 Å². The minimum atomic E-state index is -0.322. The SMILES string of the molecule is CCCCC1CCC(COC(=O)C2CCC(C)CC2C(=O)OCC2CCC(CCCC)CC2)CC1. The molecule has 202 valence electrons. The molecule has 4 nitrogen and oxygen atoms in total. The van der Waals surface area contributed by atoms with E-state index in [4.69, 9.17) is 9.47 Å². The van der Waals surface area contributed by atoms with E-state index in [9.17, 15) is 9.59 Å². The van der Waals surface area contributed by atoms with Crippen LogP contribution in [0.2, 0.25) is 0 Å². The smallest absolute Gasteiger partial charge is 0.309 e. The molecule has 0 heterocycles. The largest absolute Gasteiger partial charge is 0.465 e. The molecule has 3 saturated carbocycles. The molecule has 0 aliphatic heterocycles. The molecule has 35 heavy (non-hydrogen) atoms. The van der Waals surface area contributed by atoms with Crippen molar-refractivity contribution in [1.29, 1.82) is 0 Å². The van der Waals surface area contributed by atoms with Crippen LogP contribution in [0.3, 0.4) is 0 Å². The molecule has 3 aliphatic rings. The summed E-state index contributed by atoms with van der Waals surface area (Å²) in [5, 5.41) is 0. The van der Waals surface area contributed by atoms with Gasteiger partial charge in [0.25, 0.3) is 0 Å². The van der Waals surface area contributed by atoms with Gasteiger partial charge in [-0.3, -0.25) is 9.59 Å². The van der Waals surface area contributed by atoms with Crippen molar-refractivity contribution in [2.24, 2.45) is 41.4 Å². The van der Waals surface area contributed by atoms with Crippen LogP contribution in [0.5, 0.6) is 0 Å². The molecular weight excluding hydrogens is 436 g/mol. The lowest BCUT2D eigenvalue weighted by molar-refractivity contribution is -0.165. The van der Waals surface area contributed by atoms with Crippen molar-refractivity contribution in [2.75, 3.05) is 13.2 Å². The van der Waals surface area contributed by atoms with E-state index in [0.29, 0.717) is 31.0 Å². The second-order valence-electron chi connectivity index (χ2n) is 12.4. The molecule has 3 rings (SSSR count). The lowest BCUT2D eigenvalue weighted by Crippen LogP contribution is -2.38. The first-order chi connectivity index (χ1) is 17.0. The van der Waals surface area contributed by atoms with Gasteiger partial charge in [0.2, 0.25) is 0 Å². The fourth-order valence-electron chi connectivity index (χ4n) is 6.90. The highest BCUT2D eigenvalue weighted by Crippen LogP contribution is 2.37. The van der Waals surface area contributed by atoms with Gasteiger partial charge < -0.3 is 9.47 Å². The Bertz CT molecular complexity index is 615. The Morgan fingerprint density at radius 2 is 1.03 bits per heavy atom. The molecule has 3 fully saturated rings. The number of unbranched alkanes of at least 4 members (excludes halogenated alkanes) is 2.